The Labute approximate surface area is 543 Å². The van der Waals surface area contributed by atoms with Crippen LogP contribution in [0, 0.1) is 0 Å². The molecule has 17 unspecified atom stereocenters. The number of hydrogen-bond donors (Lipinski definition) is 12. The molecule has 0 saturated carbocycles. The van der Waals surface area contributed by atoms with E-state index in [0.717, 1.165) is 51.4 Å². The summed E-state index contributed by atoms with van der Waals surface area (Å²) >= 11 is 0. The quantitative estimate of drug-likeness (QED) is 0.0199. The number of ether oxygens (including phenoxy) is 6. The average molecular weight is 1290 g/mol. The van der Waals surface area contributed by atoms with E-state index >= 15 is 0 Å². The maximum Gasteiger partial charge on any atom is 0.220 e. The lowest BCUT2D eigenvalue weighted by Gasteiger charge is -2.48. The first-order valence-electron chi connectivity index (χ1n) is 36.6. The molecule has 530 valence electrons. The predicted molar refractivity (Wildman–Crippen MR) is 351 cm³/mol. The van der Waals surface area contributed by atoms with Crippen molar-refractivity contribution in [3.63, 3.8) is 0 Å². The molecule has 3 saturated heterocycles. The fourth-order valence-electron chi connectivity index (χ4n) is 12.5. The third-order valence-electron chi connectivity index (χ3n) is 18.5. The number of carbonyl (C=O) groups is 1. The van der Waals surface area contributed by atoms with Crippen LogP contribution >= 0.6 is 0 Å². The summed E-state index contributed by atoms with van der Waals surface area (Å²) in [5, 5.41) is 121. The Bertz CT molecular complexity index is 1730. The van der Waals surface area contributed by atoms with Crippen molar-refractivity contribution in [3.05, 3.63) is 24.3 Å². The van der Waals surface area contributed by atoms with Gasteiger partial charge in [-0.25, -0.2) is 0 Å². The monoisotopic (exact) mass is 1290 g/mol. The molecule has 3 fully saturated rings. The van der Waals surface area contributed by atoms with E-state index in [1.54, 1.807) is 6.08 Å². The molecule has 1 amide bonds. The molecule has 0 aromatic heterocycles. The first-order chi connectivity index (χ1) is 43.8. The third-order valence-corrected chi connectivity index (χ3v) is 18.5. The van der Waals surface area contributed by atoms with Gasteiger partial charge < -0.3 is 89.9 Å². The number of amides is 1. The molecule has 0 aromatic carbocycles. The number of rotatable bonds is 57. The Morgan fingerprint density at radius 2 is 0.700 bits per heavy atom. The van der Waals surface area contributed by atoms with Crippen LogP contribution in [0.4, 0.5) is 0 Å². The number of allylic oxidation sites excluding steroid dienone is 3. The molecule has 90 heavy (non-hydrogen) atoms. The lowest BCUT2D eigenvalue weighted by atomic mass is 9.96. The van der Waals surface area contributed by atoms with Gasteiger partial charge in [0.2, 0.25) is 5.91 Å². The summed E-state index contributed by atoms with van der Waals surface area (Å²) in [5.74, 6) is -0.274. The van der Waals surface area contributed by atoms with Gasteiger partial charge in [-0.2, -0.15) is 0 Å². The Kier molecular flexibility index (Phi) is 49.0. The molecule has 3 heterocycles. The second-order valence-corrected chi connectivity index (χ2v) is 26.4. The van der Waals surface area contributed by atoms with Crippen LogP contribution in [-0.2, 0) is 33.2 Å². The third kappa shape index (κ3) is 34.8. The molecule has 3 rings (SSSR count). The van der Waals surface area contributed by atoms with Crippen LogP contribution in [0.5, 0.6) is 0 Å². The minimum Gasteiger partial charge on any atom is -0.394 e. The zero-order chi connectivity index (χ0) is 65.4. The second-order valence-electron chi connectivity index (χ2n) is 26.4. The minimum absolute atomic E-state index is 0.243. The van der Waals surface area contributed by atoms with Crippen LogP contribution in [0.1, 0.15) is 290 Å². The van der Waals surface area contributed by atoms with Crippen molar-refractivity contribution in [2.24, 2.45) is 0 Å². The van der Waals surface area contributed by atoms with Crippen LogP contribution in [-0.4, -0.2) is 193 Å². The van der Waals surface area contributed by atoms with Crippen molar-refractivity contribution < 1.29 is 89.4 Å². The molecule has 0 radical (unpaired) electrons. The van der Waals surface area contributed by atoms with Crippen molar-refractivity contribution in [2.75, 3.05) is 26.4 Å². The van der Waals surface area contributed by atoms with E-state index in [9.17, 15) is 61.0 Å². The molecule has 19 nitrogen and oxygen atoms in total. The summed E-state index contributed by atoms with van der Waals surface area (Å²) in [4.78, 5) is 13.4. The summed E-state index contributed by atoms with van der Waals surface area (Å²) in [6.45, 7) is 1.77. The predicted octanol–water partition coefficient (Wildman–Crippen LogP) is 10.2. The van der Waals surface area contributed by atoms with E-state index in [1.807, 2.05) is 6.08 Å². The van der Waals surface area contributed by atoms with Gasteiger partial charge in [-0.1, -0.05) is 263 Å². The number of nitrogens with one attached hydrogen (secondary N) is 1. The standard InChI is InChI=1S/C71H133NO18/c1-3-5-7-9-11-13-15-17-19-21-23-25-26-27-29-30-32-34-36-38-40-42-44-46-48-55(76)54(72-59(77)49-47-45-43-41-39-37-35-33-31-28-24-22-20-18-16-14-12-10-8-6-4-2)53-85-69-65(83)62(80)67(57(51-74)87-69)90-71-66(84)63(81)68(58(52-75)88-71)89-70-64(82)61(79)60(78)56(50-73)86-70/h22,24,46,48,54-58,60-71,73-76,78-84H,3-21,23,25-45,47,49-53H2,1-2H3,(H,72,77)/b24-22-,48-46+. The Morgan fingerprint density at radius 1 is 0.389 bits per heavy atom. The maximum absolute atomic E-state index is 13.4. The summed E-state index contributed by atoms with van der Waals surface area (Å²) in [5.41, 5.74) is 0. The zero-order valence-corrected chi connectivity index (χ0v) is 56.1. The first-order valence-corrected chi connectivity index (χ1v) is 36.6. The molecule has 12 N–H and O–H groups in total. The van der Waals surface area contributed by atoms with Crippen LogP contribution in [0.15, 0.2) is 24.3 Å². The zero-order valence-electron chi connectivity index (χ0n) is 56.1. The van der Waals surface area contributed by atoms with E-state index in [1.165, 1.54) is 212 Å². The highest BCUT2D eigenvalue weighted by atomic mass is 16.8. The van der Waals surface area contributed by atoms with Gasteiger partial charge in [0.15, 0.2) is 18.9 Å². The SMILES string of the molecule is CCCCCCCCCC/C=C\CCCCCCCCCCCC(=O)NC(COC1OC(CO)C(OC2OC(CO)C(OC3OC(CO)C(O)C(O)C3O)C(O)C2O)C(O)C1O)C(O)/C=C/CCCCCCCCCCCCCCCCCCCCCCCC. The highest BCUT2D eigenvalue weighted by Gasteiger charge is 2.53. The number of aliphatic hydroxyl groups is 11. The van der Waals surface area contributed by atoms with Crippen molar-refractivity contribution in [1.82, 2.24) is 5.32 Å². The smallest absolute Gasteiger partial charge is 0.220 e. The lowest BCUT2D eigenvalue weighted by Crippen LogP contribution is -2.66. The van der Waals surface area contributed by atoms with Gasteiger partial charge in [0.1, 0.15) is 73.2 Å². The van der Waals surface area contributed by atoms with Crippen LogP contribution in [0.25, 0.3) is 0 Å². The van der Waals surface area contributed by atoms with Gasteiger partial charge in [-0.05, 0) is 44.9 Å². The van der Waals surface area contributed by atoms with Gasteiger partial charge >= 0.3 is 0 Å². The van der Waals surface area contributed by atoms with E-state index in [2.05, 4.69) is 31.3 Å². The largest absolute Gasteiger partial charge is 0.394 e. The Balaban J connectivity index is 1.43. The van der Waals surface area contributed by atoms with Crippen molar-refractivity contribution >= 4 is 5.91 Å². The van der Waals surface area contributed by atoms with Crippen LogP contribution in [0.2, 0.25) is 0 Å². The fourth-order valence-corrected chi connectivity index (χ4v) is 12.5. The van der Waals surface area contributed by atoms with Gasteiger partial charge in [0.25, 0.3) is 0 Å². The molecule has 0 bridgehead atoms. The Morgan fingerprint density at radius 3 is 1.08 bits per heavy atom. The molecule has 0 spiro atoms. The summed E-state index contributed by atoms with van der Waals surface area (Å²) in [6, 6.07) is -0.973. The van der Waals surface area contributed by atoms with Gasteiger partial charge in [0, 0.05) is 6.42 Å². The molecule has 0 aliphatic carbocycles. The van der Waals surface area contributed by atoms with E-state index < -0.39 is 124 Å². The first kappa shape index (κ1) is 82.5. The topological polar surface area (TPSA) is 307 Å². The van der Waals surface area contributed by atoms with Crippen LogP contribution in [0.3, 0.4) is 0 Å². The molecule has 17 atom stereocenters. The minimum atomic E-state index is -1.98. The number of hydrogen-bond acceptors (Lipinski definition) is 18. The molecule has 0 aromatic rings. The van der Waals surface area contributed by atoms with E-state index in [0.29, 0.717) is 6.42 Å². The number of carbonyl (C=O) groups excluding carboxylic acids is 1. The summed E-state index contributed by atoms with van der Waals surface area (Å²) < 4.78 is 34.4. The Hall–Kier alpha value is -1.73. The van der Waals surface area contributed by atoms with E-state index in [4.69, 9.17) is 28.4 Å². The highest BCUT2D eigenvalue weighted by Crippen LogP contribution is 2.33. The molecular weight excluding hydrogens is 1150 g/mol. The fraction of sp³-hybridized carbons (Fsp3) is 0.930. The molecule has 3 aliphatic heterocycles. The van der Waals surface area contributed by atoms with Crippen molar-refractivity contribution in [3.8, 4) is 0 Å². The maximum atomic E-state index is 13.4. The lowest BCUT2D eigenvalue weighted by molar-refractivity contribution is -0.379. The van der Waals surface area contributed by atoms with Gasteiger partial charge in [-0.3, -0.25) is 4.79 Å². The van der Waals surface area contributed by atoms with Crippen LogP contribution < -0.4 is 5.32 Å². The molecule has 3 aliphatic rings. The summed E-state index contributed by atoms with van der Waals surface area (Å²) in [7, 11) is 0. The molecular formula is C71H133NO18. The van der Waals surface area contributed by atoms with E-state index in [-0.39, 0.29) is 18.9 Å². The summed E-state index contributed by atoms with van der Waals surface area (Å²) in [6.07, 6.45) is 34.3. The van der Waals surface area contributed by atoms with Gasteiger partial charge in [0.05, 0.1) is 38.6 Å². The van der Waals surface area contributed by atoms with Crippen molar-refractivity contribution in [2.45, 2.75) is 394 Å². The average Bonchev–Trinajstić information content (AvgIpc) is 0.853. The highest BCUT2D eigenvalue weighted by molar-refractivity contribution is 5.76. The number of aliphatic hydroxyl groups excluding tert-OH is 11. The molecule has 19 heteroatoms. The number of unbranched alkanes of at least 4 members (excludes halogenated alkanes) is 39. The van der Waals surface area contributed by atoms with Gasteiger partial charge in [-0.15, -0.1) is 0 Å². The second kappa shape index (κ2) is 53.4. The van der Waals surface area contributed by atoms with Crippen molar-refractivity contribution in [1.29, 1.82) is 0 Å². The normalized spacial score (nSPS) is 28.1.